The zero-order valence-corrected chi connectivity index (χ0v) is 16.0. The lowest BCUT2D eigenvalue weighted by Gasteiger charge is -2.35. The first kappa shape index (κ1) is 18.6. The average Bonchev–Trinajstić information content (AvgIpc) is 3.13. The lowest BCUT2D eigenvalue weighted by molar-refractivity contribution is 0.146. The molecule has 2 N–H and O–H groups in total. The van der Waals surface area contributed by atoms with Gasteiger partial charge in [-0.2, -0.15) is 0 Å². The van der Waals surface area contributed by atoms with Crippen molar-refractivity contribution >= 4 is 17.4 Å². The van der Waals surface area contributed by atoms with Crippen LogP contribution < -0.4 is 5.32 Å². The molecule has 1 aromatic heterocycles. The number of piperidine rings is 1. The second kappa shape index (κ2) is 8.98. The van der Waals surface area contributed by atoms with Gasteiger partial charge in [-0.3, -0.25) is 0 Å². The molecule has 7 heteroatoms. The molecule has 0 bridgehead atoms. The number of benzene rings is 1. The molecular weight excluding hydrogens is 348 g/mol. The average molecular weight is 375 g/mol. The number of amides is 2. The van der Waals surface area contributed by atoms with Crippen molar-refractivity contribution < 1.29 is 9.90 Å². The summed E-state index contributed by atoms with van der Waals surface area (Å²) in [5, 5.41) is 22.7. The van der Waals surface area contributed by atoms with Gasteiger partial charge in [-0.05, 0) is 56.2 Å². The molecule has 2 heterocycles. The number of nitrogens with zero attached hydrogens (tertiary/aromatic N) is 3. The molecule has 1 saturated heterocycles. The molecule has 0 saturated carbocycles. The maximum Gasteiger partial charge on any atom is 0.317 e. The number of phenolic OH excluding ortho intramolecular Hbond substituents is 1. The number of aromatic hydroxyl groups is 1. The Balaban J connectivity index is 1.54. The van der Waals surface area contributed by atoms with E-state index < -0.39 is 0 Å². The largest absolute Gasteiger partial charge is 0.508 e. The molecule has 3 rings (SSSR count). The molecule has 1 atom stereocenters. The molecule has 6 nitrogen and oxygen atoms in total. The summed E-state index contributed by atoms with van der Waals surface area (Å²) in [6.45, 7) is 3.28. The van der Waals surface area contributed by atoms with E-state index in [0.29, 0.717) is 12.3 Å². The van der Waals surface area contributed by atoms with Crippen LogP contribution in [0.2, 0.25) is 0 Å². The summed E-state index contributed by atoms with van der Waals surface area (Å²) in [7, 11) is 0. The number of hydrogen-bond donors (Lipinski definition) is 2. The van der Waals surface area contributed by atoms with E-state index in [-0.39, 0.29) is 12.1 Å². The van der Waals surface area contributed by atoms with E-state index in [1.54, 1.807) is 23.5 Å². The number of rotatable bonds is 6. The van der Waals surface area contributed by atoms with Crippen molar-refractivity contribution in [1.29, 1.82) is 0 Å². The first-order valence-corrected chi connectivity index (χ1v) is 10.1. The second-order valence-electron chi connectivity index (χ2n) is 6.65. The Kier molecular flexibility index (Phi) is 6.44. The standard InChI is InChI=1S/C19H26N4O2S/c1-2-17-21-22-18(26-17)13-20-19(25)23-11-4-3-7-15(23)10-9-14-6-5-8-16(24)12-14/h5-6,8,12,15,24H,2-4,7,9-11,13H2,1H3,(H,20,25)/t15-/m0/s1. The number of aromatic nitrogens is 2. The van der Waals surface area contributed by atoms with E-state index in [2.05, 4.69) is 15.5 Å². The fourth-order valence-corrected chi connectivity index (χ4v) is 4.09. The number of hydrogen-bond acceptors (Lipinski definition) is 5. The molecule has 1 aliphatic heterocycles. The summed E-state index contributed by atoms with van der Waals surface area (Å²) in [6.07, 6.45) is 5.88. The van der Waals surface area contributed by atoms with E-state index in [0.717, 1.165) is 60.6 Å². The smallest absolute Gasteiger partial charge is 0.317 e. The Hall–Kier alpha value is -2.15. The van der Waals surface area contributed by atoms with Gasteiger partial charge in [-0.1, -0.05) is 30.4 Å². The third-order valence-electron chi connectivity index (χ3n) is 4.77. The van der Waals surface area contributed by atoms with Crippen LogP contribution in [0.15, 0.2) is 24.3 Å². The number of aryl methyl sites for hydroxylation is 2. The molecule has 1 fully saturated rings. The Labute approximate surface area is 158 Å². The van der Waals surface area contributed by atoms with Crippen LogP contribution in [0.3, 0.4) is 0 Å². The topological polar surface area (TPSA) is 78.4 Å². The molecule has 0 unspecified atom stereocenters. The number of carbonyl (C=O) groups is 1. The van der Waals surface area contributed by atoms with Crippen LogP contribution in [0, 0.1) is 0 Å². The van der Waals surface area contributed by atoms with Crippen LogP contribution in [0.5, 0.6) is 5.75 Å². The van der Waals surface area contributed by atoms with Crippen LogP contribution in [-0.4, -0.2) is 38.8 Å². The summed E-state index contributed by atoms with van der Waals surface area (Å²) in [5.41, 5.74) is 1.11. The summed E-state index contributed by atoms with van der Waals surface area (Å²) in [5.74, 6) is 0.296. The zero-order valence-electron chi connectivity index (χ0n) is 15.1. The highest BCUT2D eigenvalue weighted by Gasteiger charge is 2.26. The van der Waals surface area contributed by atoms with E-state index in [4.69, 9.17) is 0 Å². The number of likely N-dealkylation sites (tertiary alicyclic amines) is 1. The highest BCUT2D eigenvalue weighted by molar-refractivity contribution is 7.11. The normalized spacial score (nSPS) is 17.3. The summed E-state index contributed by atoms with van der Waals surface area (Å²) in [4.78, 5) is 14.6. The Morgan fingerprint density at radius 1 is 1.35 bits per heavy atom. The van der Waals surface area contributed by atoms with Gasteiger partial charge in [0, 0.05) is 12.6 Å². The summed E-state index contributed by atoms with van der Waals surface area (Å²) < 4.78 is 0. The fourth-order valence-electron chi connectivity index (χ4n) is 3.37. The molecule has 0 spiro atoms. The van der Waals surface area contributed by atoms with Gasteiger partial charge in [0.25, 0.3) is 0 Å². The highest BCUT2D eigenvalue weighted by atomic mass is 32.1. The molecule has 2 aromatic rings. The molecule has 1 aliphatic rings. The van der Waals surface area contributed by atoms with Gasteiger partial charge < -0.3 is 15.3 Å². The van der Waals surface area contributed by atoms with E-state index in [9.17, 15) is 9.90 Å². The van der Waals surface area contributed by atoms with Gasteiger partial charge >= 0.3 is 6.03 Å². The lowest BCUT2D eigenvalue weighted by atomic mass is 9.96. The zero-order chi connectivity index (χ0) is 18.4. The minimum absolute atomic E-state index is 0.0149. The van der Waals surface area contributed by atoms with Crippen molar-refractivity contribution in [3.05, 3.63) is 39.8 Å². The second-order valence-corrected chi connectivity index (χ2v) is 7.80. The number of carbonyl (C=O) groups excluding carboxylic acids is 1. The third kappa shape index (κ3) is 4.94. The molecule has 0 radical (unpaired) electrons. The van der Waals surface area contributed by atoms with Gasteiger partial charge in [0.15, 0.2) is 0 Å². The van der Waals surface area contributed by atoms with Crippen molar-refractivity contribution in [2.45, 2.75) is 58.0 Å². The van der Waals surface area contributed by atoms with Crippen molar-refractivity contribution in [1.82, 2.24) is 20.4 Å². The predicted octanol–water partition coefficient (Wildman–Crippen LogP) is 3.50. The summed E-state index contributed by atoms with van der Waals surface area (Å²) in [6, 6.07) is 7.59. The Morgan fingerprint density at radius 3 is 2.96 bits per heavy atom. The quantitative estimate of drug-likeness (QED) is 0.811. The first-order chi connectivity index (χ1) is 12.7. The van der Waals surface area contributed by atoms with Gasteiger partial charge in [-0.25, -0.2) is 4.79 Å². The number of phenols is 1. The van der Waals surface area contributed by atoms with Crippen LogP contribution in [0.4, 0.5) is 4.79 Å². The van der Waals surface area contributed by atoms with Gasteiger partial charge in [0.2, 0.25) is 0 Å². The number of urea groups is 1. The highest BCUT2D eigenvalue weighted by Crippen LogP contribution is 2.22. The Morgan fingerprint density at radius 2 is 2.19 bits per heavy atom. The van der Waals surface area contributed by atoms with Crippen molar-refractivity contribution in [3.63, 3.8) is 0 Å². The first-order valence-electron chi connectivity index (χ1n) is 9.29. The minimum Gasteiger partial charge on any atom is -0.508 e. The van der Waals surface area contributed by atoms with Crippen LogP contribution in [-0.2, 0) is 19.4 Å². The van der Waals surface area contributed by atoms with Crippen LogP contribution >= 0.6 is 11.3 Å². The van der Waals surface area contributed by atoms with Crippen LogP contribution in [0.1, 0.15) is 48.2 Å². The molecule has 140 valence electrons. The molecule has 0 aliphatic carbocycles. The third-order valence-corrected chi connectivity index (χ3v) is 5.83. The molecule has 2 amide bonds. The SMILES string of the molecule is CCc1nnc(CNC(=O)N2CCCC[C@H]2CCc2cccc(O)c2)s1. The maximum absolute atomic E-state index is 12.7. The minimum atomic E-state index is -0.0149. The van der Waals surface area contributed by atoms with Gasteiger partial charge in [0.05, 0.1) is 6.54 Å². The van der Waals surface area contributed by atoms with Gasteiger partial charge in [-0.15, -0.1) is 10.2 Å². The molecular formula is C19H26N4O2S. The maximum atomic E-state index is 12.7. The monoisotopic (exact) mass is 374 g/mol. The Bertz CT molecular complexity index is 734. The predicted molar refractivity (Wildman–Crippen MR) is 102 cm³/mol. The molecule has 26 heavy (non-hydrogen) atoms. The number of nitrogens with one attached hydrogen (secondary N) is 1. The van der Waals surface area contributed by atoms with Crippen molar-refractivity contribution in [3.8, 4) is 5.75 Å². The molecule has 1 aromatic carbocycles. The lowest BCUT2D eigenvalue weighted by Crippen LogP contribution is -2.48. The van der Waals surface area contributed by atoms with E-state index in [1.807, 2.05) is 24.0 Å². The fraction of sp³-hybridized carbons (Fsp3) is 0.526. The van der Waals surface area contributed by atoms with Crippen molar-refractivity contribution in [2.24, 2.45) is 0 Å². The summed E-state index contributed by atoms with van der Waals surface area (Å²) >= 11 is 1.55. The van der Waals surface area contributed by atoms with E-state index >= 15 is 0 Å². The van der Waals surface area contributed by atoms with Crippen LogP contribution in [0.25, 0.3) is 0 Å². The van der Waals surface area contributed by atoms with Gasteiger partial charge in [0.1, 0.15) is 15.8 Å². The van der Waals surface area contributed by atoms with Crippen molar-refractivity contribution in [2.75, 3.05) is 6.54 Å². The van der Waals surface area contributed by atoms with E-state index in [1.165, 1.54) is 0 Å².